The molecule has 0 spiro atoms. The summed E-state index contributed by atoms with van der Waals surface area (Å²) in [5, 5.41) is 0. The Balaban J connectivity index is 3.89. The van der Waals surface area contributed by atoms with Gasteiger partial charge in [-0.05, 0) is 18.3 Å². The molecule has 0 aliphatic rings. The number of hydrazine groups is 1. The van der Waals surface area contributed by atoms with Crippen LogP contribution in [0.2, 0.25) is 0 Å². The number of nitrogens with one attached hydrogen (secondary N) is 1. The Morgan fingerprint density at radius 1 is 1.42 bits per heavy atom. The molecular weight excluding hydrogens is 148 g/mol. The lowest BCUT2D eigenvalue weighted by Gasteiger charge is -2.25. The lowest BCUT2D eigenvalue weighted by Crippen LogP contribution is -2.41. The van der Waals surface area contributed by atoms with Crippen LogP contribution in [0.25, 0.3) is 0 Å². The van der Waals surface area contributed by atoms with E-state index in [0.717, 1.165) is 12.8 Å². The summed E-state index contributed by atoms with van der Waals surface area (Å²) in [6, 6.07) is 0.348. The average Bonchev–Trinajstić information content (AvgIpc) is 2.05. The van der Waals surface area contributed by atoms with Crippen LogP contribution in [0.3, 0.4) is 0 Å². The topological polar surface area (TPSA) is 38.0 Å². The predicted octanol–water partition coefficient (Wildman–Crippen LogP) is 1.52. The quantitative estimate of drug-likeness (QED) is 0.371. The summed E-state index contributed by atoms with van der Waals surface area (Å²) in [4.78, 5) is 0. The maximum absolute atomic E-state index is 5.43. The Labute approximate surface area is 75.9 Å². The maximum atomic E-state index is 5.43. The third-order valence-corrected chi connectivity index (χ3v) is 2.50. The van der Waals surface area contributed by atoms with Crippen molar-refractivity contribution in [3.63, 3.8) is 0 Å². The second-order valence-electron chi connectivity index (χ2n) is 3.62. The van der Waals surface area contributed by atoms with Gasteiger partial charge >= 0.3 is 0 Å². The van der Waals surface area contributed by atoms with Gasteiger partial charge < -0.3 is 0 Å². The van der Waals surface area contributed by atoms with Gasteiger partial charge in [0.2, 0.25) is 0 Å². The molecule has 0 bridgehead atoms. The van der Waals surface area contributed by atoms with E-state index in [2.05, 4.69) is 32.1 Å². The van der Waals surface area contributed by atoms with E-state index in [1.807, 2.05) is 0 Å². The fourth-order valence-electron chi connectivity index (χ4n) is 1.20. The molecule has 0 saturated carbocycles. The number of hydrogen-bond acceptors (Lipinski definition) is 2. The molecule has 0 rings (SSSR count). The molecule has 0 aromatic carbocycles. The van der Waals surface area contributed by atoms with Crippen molar-refractivity contribution in [3.8, 4) is 12.3 Å². The first-order valence-corrected chi connectivity index (χ1v) is 4.53. The van der Waals surface area contributed by atoms with E-state index in [9.17, 15) is 0 Å². The first kappa shape index (κ1) is 11.5. The number of terminal acetylenes is 1. The highest BCUT2D eigenvalue weighted by molar-refractivity contribution is 4.86. The fourth-order valence-corrected chi connectivity index (χ4v) is 1.20. The van der Waals surface area contributed by atoms with E-state index in [4.69, 9.17) is 12.3 Å². The summed E-state index contributed by atoms with van der Waals surface area (Å²) in [5.41, 5.74) is 2.82. The van der Waals surface area contributed by atoms with Gasteiger partial charge in [0.15, 0.2) is 0 Å². The third kappa shape index (κ3) is 3.75. The normalized spacial score (nSPS) is 15.7. The van der Waals surface area contributed by atoms with Crippen molar-refractivity contribution in [2.24, 2.45) is 17.7 Å². The lowest BCUT2D eigenvalue weighted by molar-refractivity contribution is 0.290. The van der Waals surface area contributed by atoms with E-state index >= 15 is 0 Å². The van der Waals surface area contributed by atoms with Crippen LogP contribution in [0, 0.1) is 24.2 Å². The second kappa shape index (κ2) is 6.05. The molecule has 3 N–H and O–H groups in total. The third-order valence-electron chi connectivity index (χ3n) is 2.50. The summed E-state index contributed by atoms with van der Waals surface area (Å²) in [6.07, 6.45) is 6.95. The average molecular weight is 168 g/mol. The molecule has 70 valence electrons. The standard InChI is InChI=1S/C10H20N2/c1-5-6-7-10(12-11)9(4)8(2)3/h1,8-10,12H,6-7,11H2,2-4H3. The molecule has 0 aliphatic heterocycles. The summed E-state index contributed by atoms with van der Waals surface area (Å²) in [5.74, 6) is 9.28. The van der Waals surface area contributed by atoms with E-state index in [-0.39, 0.29) is 0 Å². The Bertz CT molecular complexity index is 146. The van der Waals surface area contributed by atoms with Gasteiger partial charge in [-0.15, -0.1) is 12.3 Å². The molecule has 0 amide bonds. The number of nitrogens with two attached hydrogens (primary N) is 1. The molecule has 2 unspecified atom stereocenters. The van der Waals surface area contributed by atoms with Gasteiger partial charge in [-0.2, -0.15) is 0 Å². The van der Waals surface area contributed by atoms with E-state index in [0.29, 0.717) is 17.9 Å². The van der Waals surface area contributed by atoms with Crippen LogP contribution in [0.5, 0.6) is 0 Å². The van der Waals surface area contributed by atoms with Gasteiger partial charge in [-0.25, -0.2) is 0 Å². The van der Waals surface area contributed by atoms with Crippen molar-refractivity contribution < 1.29 is 0 Å². The summed E-state index contributed by atoms with van der Waals surface area (Å²) < 4.78 is 0. The molecule has 0 heterocycles. The van der Waals surface area contributed by atoms with Gasteiger partial charge in [0.05, 0.1) is 0 Å². The zero-order valence-corrected chi connectivity index (χ0v) is 8.30. The zero-order chi connectivity index (χ0) is 9.56. The largest absolute Gasteiger partial charge is 0.271 e. The number of rotatable bonds is 5. The van der Waals surface area contributed by atoms with Crippen LogP contribution in [0.1, 0.15) is 33.6 Å². The number of hydrogen-bond donors (Lipinski definition) is 2. The van der Waals surface area contributed by atoms with E-state index < -0.39 is 0 Å². The van der Waals surface area contributed by atoms with Crippen molar-refractivity contribution in [1.82, 2.24) is 5.43 Å². The van der Waals surface area contributed by atoms with Crippen molar-refractivity contribution in [1.29, 1.82) is 0 Å². The minimum absolute atomic E-state index is 0.348. The maximum Gasteiger partial charge on any atom is 0.0247 e. The summed E-state index contributed by atoms with van der Waals surface area (Å²) >= 11 is 0. The highest BCUT2D eigenvalue weighted by atomic mass is 15.2. The van der Waals surface area contributed by atoms with Gasteiger partial charge in [0, 0.05) is 12.5 Å². The van der Waals surface area contributed by atoms with Crippen molar-refractivity contribution in [2.75, 3.05) is 0 Å². The molecular formula is C10H20N2. The van der Waals surface area contributed by atoms with Crippen molar-refractivity contribution >= 4 is 0 Å². The van der Waals surface area contributed by atoms with Crippen LogP contribution in [0.4, 0.5) is 0 Å². The SMILES string of the molecule is C#CCCC(NN)C(C)C(C)C. The zero-order valence-electron chi connectivity index (χ0n) is 8.30. The van der Waals surface area contributed by atoms with E-state index in [1.165, 1.54) is 0 Å². The minimum atomic E-state index is 0.348. The molecule has 2 nitrogen and oxygen atoms in total. The fraction of sp³-hybridized carbons (Fsp3) is 0.800. The first-order chi connectivity index (χ1) is 5.63. The summed E-state index contributed by atoms with van der Waals surface area (Å²) in [7, 11) is 0. The minimum Gasteiger partial charge on any atom is -0.271 e. The predicted molar refractivity (Wildman–Crippen MR) is 53.2 cm³/mol. The van der Waals surface area contributed by atoms with Gasteiger partial charge in [-0.3, -0.25) is 11.3 Å². The highest BCUT2D eigenvalue weighted by Gasteiger charge is 2.17. The Morgan fingerprint density at radius 3 is 2.33 bits per heavy atom. The molecule has 0 aliphatic carbocycles. The monoisotopic (exact) mass is 168 g/mol. The smallest absolute Gasteiger partial charge is 0.0247 e. The Kier molecular flexibility index (Phi) is 5.79. The molecule has 12 heavy (non-hydrogen) atoms. The van der Waals surface area contributed by atoms with Gasteiger partial charge in [-0.1, -0.05) is 20.8 Å². The molecule has 0 fully saturated rings. The van der Waals surface area contributed by atoms with Crippen molar-refractivity contribution in [3.05, 3.63) is 0 Å². The van der Waals surface area contributed by atoms with Crippen LogP contribution in [0.15, 0.2) is 0 Å². The van der Waals surface area contributed by atoms with Crippen LogP contribution >= 0.6 is 0 Å². The highest BCUT2D eigenvalue weighted by Crippen LogP contribution is 2.17. The Morgan fingerprint density at radius 2 is 2.00 bits per heavy atom. The van der Waals surface area contributed by atoms with Gasteiger partial charge in [0.25, 0.3) is 0 Å². The van der Waals surface area contributed by atoms with Crippen LogP contribution in [-0.4, -0.2) is 6.04 Å². The van der Waals surface area contributed by atoms with Crippen molar-refractivity contribution in [2.45, 2.75) is 39.7 Å². The van der Waals surface area contributed by atoms with Crippen LogP contribution < -0.4 is 11.3 Å². The van der Waals surface area contributed by atoms with E-state index in [1.54, 1.807) is 0 Å². The molecule has 0 aromatic heterocycles. The molecule has 2 atom stereocenters. The van der Waals surface area contributed by atoms with Crippen LogP contribution in [-0.2, 0) is 0 Å². The first-order valence-electron chi connectivity index (χ1n) is 4.53. The molecule has 0 radical (unpaired) electrons. The molecule has 0 aromatic rings. The molecule has 0 saturated heterocycles. The second-order valence-corrected chi connectivity index (χ2v) is 3.62. The lowest BCUT2D eigenvalue weighted by atomic mass is 9.88. The summed E-state index contributed by atoms with van der Waals surface area (Å²) in [6.45, 7) is 6.60. The van der Waals surface area contributed by atoms with Gasteiger partial charge in [0.1, 0.15) is 0 Å². The molecule has 2 heteroatoms. The Hall–Kier alpha value is -0.520.